The van der Waals surface area contributed by atoms with Crippen molar-refractivity contribution in [2.45, 2.75) is 34.2 Å². The van der Waals surface area contributed by atoms with E-state index in [-0.39, 0.29) is 12.5 Å². The molecule has 3 heterocycles. The highest BCUT2D eigenvalue weighted by Gasteiger charge is 2.22. The lowest BCUT2D eigenvalue weighted by molar-refractivity contribution is -0.115. The number of rotatable bonds is 7. The molecule has 0 unspecified atom stereocenters. The zero-order chi connectivity index (χ0) is 23.5. The summed E-state index contributed by atoms with van der Waals surface area (Å²) >= 11 is 7.81. The summed E-state index contributed by atoms with van der Waals surface area (Å²) in [6.07, 6.45) is 0. The van der Waals surface area contributed by atoms with Crippen molar-refractivity contribution in [3.8, 4) is 0 Å². The number of likely N-dealkylation sites (N-methyl/N-ethyl adjacent to an activating group) is 1. The molecular formula is C24H30ClN5O2S. The fourth-order valence-electron chi connectivity index (χ4n) is 3.96. The maximum Gasteiger partial charge on any atom is 0.243 e. The van der Waals surface area contributed by atoms with Gasteiger partial charge in [0.05, 0.1) is 31.7 Å². The van der Waals surface area contributed by atoms with Gasteiger partial charge in [-0.3, -0.25) is 9.69 Å². The highest BCUT2D eigenvalue weighted by atomic mass is 35.5. The Morgan fingerprint density at radius 3 is 2.73 bits per heavy atom. The summed E-state index contributed by atoms with van der Waals surface area (Å²) in [6, 6.07) is 5.50. The number of halogens is 1. The number of amides is 1. The van der Waals surface area contributed by atoms with Gasteiger partial charge in [-0.25, -0.2) is 9.97 Å². The zero-order valence-electron chi connectivity index (χ0n) is 19.6. The van der Waals surface area contributed by atoms with Crippen LogP contribution in [0.15, 0.2) is 18.2 Å². The van der Waals surface area contributed by atoms with Crippen LogP contribution in [-0.4, -0.2) is 60.2 Å². The van der Waals surface area contributed by atoms with Crippen molar-refractivity contribution in [1.82, 2.24) is 14.9 Å². The first kappa shape index (κ1) is 23.9. The lowest BCUT2D eigenvalue weighted by atomic mass is 10.2. The molecule has 9 heteroatoms. The minimum absolute atomic E-state index is 0.103. The number of benzene rings is 1. The van der Waals surface area contributed by atoms with Gasteiger partial charge in [-0.15, -0.1) is 11.3 Å². The van der Waals surface area contributed by atoms with Crippen LogP contribution in [0.5, 0.6) is 0 Å². The highest BCUT2D eigenvalue weighted by molar-refractivity contribution is 7.18. The quantitative estimate of drug-likeness (QED) is 0.526. The SMILES string of the molecule is CCN(CC(=O)Nc1cc(Cl)ccc1C)c1nc(CN2CCOCC2)nc2sc(C)c(C)c12. The number of nitrogens with one attached hydrogen (secondary N) is 1. The third kappa shape index (κ3) is 5.46. The Labute approximate surface area is 203 Å². The Balaban J connectivity index is 1.63. The Bertz CT molecular complexity index is 1160. The molecule has 4 rings (SSSR count). The molecule has 2 aromatic heterocycles. The summed E-state index contributed by atoms with van der Waals surface area (Å²) in [5.41, 5.74) is 2.87. The molecule has 0 radical (unpaired) electrons. The summed E-state index contributed by atoms with van der Waals surface area (Å²) in [5.74, 6) is 1.50. The number of hydrogen-bond acceptors (Lipinski definition) is 7. The van der Waals surface area contributed by atoms with E-state index in [4.69, 9.17) is 26.3 Å². The maximum atomic E-state index is 13.0. The Kier molecular flexibility index (Phi) is 7.48. The number of carbonyl (C=O) groups excluding carboxylic acids is 1. The van der Waals surface area contributed by atoms with E-state index in [2.05, 4.69) is 24.1 Å². The Hall–Kier alpha value is -2.26. The van der Waals surface area contributed by atoms with Crippen molar-refractivity contribution in [3.05, 3.63) is 45.1 Å². The summed E-state index contributed by atoms with van der Waals surface area (Å²) in [5, 5.41) is 4.64. The third-order valence-corrected chi connectivity index (χ3v) is 7.35. The van der Waals surface area contributed by atoms with E-state index < -0.39 is 0 Å². The second-order valence-electron chi connectivity index (χ2n) is 8.34. The first-order valence-electron chi connectivity index (χ1n) is 11.2. The number of ether oxygens (including phenoxy) is 1. The van der Waals surface area contributed by atoms with Crippen molar-refractivity contribution in [1.29, 1.82) is 0 Å². The van der Waals surface area contributed by atoms with Gasteiger partial charge in [0.2, 0.25) is 5.91 Å². The van der Waals surface area contributed by atoms with Crippen LogP contribution in [0.4, 0.5) is 11.5 Å². The molecule has 1 aromatic carbocycles. The normalized spacial score (nSPS) is 14.6. The van der Waals surface area contributed by atoms with Gasteiger partial charge in [-0.05, 0) is 51.0 Å². The van der Waals surface area contributed by atoms with Crippen LogP contribution in [0.1, 0.15) is 28.8 Å². The molecule has 1 saturated heterocycles. The Morgan fingerprint density at radius 2 is 2.00 bits per heavy atom. The van der Waals surface area contributed by atoms with Gasteiger partial charge in [0.1, 0.15) is 16.5 Å². The molecule has 7 nitrogen and oxygen atoms in total. The molecule has 176 valence electrons. The molecular weight excluding hydrogens is 458 g/mol. The van der Waals surface area contributed by atoms with Gasteiger partial charge in [-0.2, -0.15) is 0 Å². The molecule has 0 spiro atoms. The minimum atomic E-state index is -0.103. The molecule has 3 aromatic rings. The largest absolute Gasteiger partial charge is 0.379 e. The molecule has 1 fully saturated rings. The molecule has 0 atom stereocenters. The average Bonchev–Trinajstić information content (AvgIpc) is 3.08. The summed E-state index contributed by atoms with van der Waals surface area (Å²) in [7, 11) is 0. The van der Waals surface area contributed by atoms with Gasteiger partial charge >= 0.3 is 0 Å². The van der Waals surface area contributed by atoms with Gasteiger partial charge in [0.15, 0.2) is 0 Å². The molecule has 33 heavy (non-hydrogen) atoms. The second-order valence-corrected chi connectivity index (χ2v) is 9.98. The van der Waals surface area contributed by atoms with Gasteiger partial charge in [-0.1, -0.05) is 17.7 Å². The molecule has 0 aliphatic carbocycles. The van der Waals surface area contributed by atoms with E-state index in [1.54, 1.807) is 17.4 Å². The lowest BCUT2D eigenvalue weighted by Crippen LogP contribution is -2.37. The summed E-state index contributed by atoms with van der Waals surface area (Å²) in [4.78, 5) is 29.4. The number of fused-ring (bicyclic) bond motifs is 1. The van der Waals surface area contributed by atoms with Crippen LogP contribution < -0.4 is 10.2 Å². The highest BCUT2D eigenvalue weighted by Crippen LogP contribution is 2.35. The standard InChI is InChI=1S/C24H30ClN5O2S/c1-5-30(14-21(31)26-19-12-18(25)7-6-15(19)2)23-22-16(3)17(4)33-24(22)28-20(27-23)13-29-8-10-32-11-9-29/h6-7,12H,5,8-11,13-14H2,1-4H3,(H,26,31). The molecule has 1 aliphatic rings. The van der Waals surface area contributed by atoms with E-state index in [0.717, 1.165) is 59.4 Å². The van der Waals surface area contributed by atoms with Crippen LogP contribution >= 0.6 is 22.9 Å². The minimum Gasteiger partial charge on any atom is -0.379 e. The van der Waals surface area contributed by atoms with E-state index in [9.17, 15) is 4.79 Å². The number of morpholine rings is 1. The van der Waals surface area contributed by atoms with Crippen LogP contribution in [-0.2, 0) is 16.1 Å². The number of nitrogens with zero attached hydrogens (tertiary/aromatic N) is 4. The number of thiophene rings is 1. The molecule has 1 N–H and O–H groups in total. The molecule has 0 saturated carbocycles. The van der Waals surface area contributed by atoms with Crippen molar-refractivity contribution in [2.24, 2.45) is 0 Å². The predicted octanol–water partition coefficient (Wildman–Crippen LogP) is 4.57. The number of hydrogen-bond donors (Lipinski definition) is 1. The number of aryl methyl sites for hydroxylation is 3. The van der Waals surface area contributed by atoms with Crippen molar-refractivity contribution < 1.29 is 9.53 Å². The third-order valence-electron chi connectivity index (χ3n) is 6.01. The van der Waals surface area contributed by atoms with E-state index in [1.807, 2.05) is 30.9 Å². The number of anilines is 2. The second kappa shape index (κ2) is 10.3. The smallest absolute Gasteiger partial charge is 0.243 e. The van der Waals surface area contributed by atoms with Gasteiger partial charge in [0, 0.05) is 35.2 Å². The van der Waals surface area contributed by atoms with Crippen molar-refractivity contribution in [3.63, 3.8) is 0 Å². The number of aromatic nitrogens is 2. The van der Waals surface area contributed by atoms with Crippen LogP contribution in [0.25, 0.3) is 10.2 Å². The lowest BCUT2D eigenvalue weighted by Gasteiger charge is -2.27. The summed E-state index contributed by atoms with van der Waals surface area (Å²) < 4.78 is 5.47. The summed E-state index contributed by atoms with van der Waals surface area (Å²) in [6.45, 7) is 12.9. The maximum absolute atomic E-state index is 13.0. The topological polar surface area (TPSA) is 70.6 Å². The monoisotopic (exact) mass is 487 g/mol. The van der Waals surface area contributed by atoms with Crippen molar-refractivity contribution >= 4 is 50.6 Å². The predicted molar refractivity (Wildman–Crippen MR) is 136 cm³/mol. The van der Waals surface area contributed by atoms with Crippen LogP contribution in [0.3, 0.4) is 0 Å². The number of carbonyl (C=O) groups is 1. The molecule has 1 aliphatic heterocycles. The average molecular weight is 488 g/mol. The van der Waals surface area contributed by atoms with Crippen LogP contribution in [0, 0.1) is 20.8 Å². The van der Waals surface area contributed by atoms with Gasteiger partial charge < -0.3 is 15.0 Å². The van der Waals surface area contributed by atoms with E-state index in [1.165, 1.54) is 10.4 Å². The van der Waals surface area contributed by atoms with Gasteiger partial charge in [0.25, 0.3) is 0 Å². The first-order chi connectivity index (χ1) is 15.9. The fraction of sp³-hybridized carbons (Fsp3) is 0.458. The van der Waals surface area contributed by atoms with Crippen molar-refractivity contribution in [2.75, 3.05) is 49.6 Å². The fourth-order valence-corrected chi connectivity index (χ4v) is 5.17. The molecule has 1 amide bonds. The molecule has 0 bridgehead atoms. The van der Waals surface area contributed by atoms with E-state index in [0.29, 0.717) is 18.1 Å². The Morgan fingerprint density at radius 1 is 1.24 bits per heavy atom. The van der Waals surface area contributed by atoms with Crippen LogP contribution in [0.2, 0.25) is 5.02 Å². The first-order valence-corrected chi connectivity index (χ1v) is 12.4. The van der Waals surface area contributed by atoms with E-state index >= 15 is 0 Å². The zero-order valence-corrected chi connectivity index (χ0v) is 21.1.